The lowest BCUT2D eigenvalue weighted by Crippen LogP contribution is -2.29. The lowest BCUT2D eigenvalue weighted by molar-refractivity contribution is -0.137. The van der Waals surface area contributed by atoms with E-state index in [1.807, 2.05) is 6.07 Å². The van der Waals surface area contributed by atoms with Crippen LogP contribution in [0.3, 0.4) is 0 Å². The maximum atomic E-state index is 12.8. The second-order valence-corrected chi connectivity index (χ2v) is 5.98. The third-order valence-corrected chi connectivity index (χ3v) is 4.15. The van der Waals surface area contributed by atoms with E-state index in [1.165, 1.54) is 18.6 Å². The Labute approximate surface area is 143 Å². The highest BCUT2D eigenvalue weighted by Gasteiger charge is 2.30. The molecule has 0 atom stereocenters. The molecule has 1 saturated heterocycles. The van der Waals surface area contributed by atoms with E-state index in [0.29, 0.717) is 0 Å². The number of halogens is 3. The van der Waals surface area contributed by atoms with Crippen LogP contribution in [-0.2, 0) is 6.18 Å². The first kappa shape index (κ1) is 17.3. The van der Waals surface area contributed by atoms with Crippen molar-refractivity contribution in [1.29, 1.82) is 0 Å². The number of carbonyl (C=O) groups excluding carboxylic acids is 1. The van der Waals surface area contributed by atoms with Gasteiger partial charge in [0.1, 0.15) is 5.69 Å². The zero-order chi connectivity index (χ0) is 17.9. The smallest absolute Gasteiger partial charge is 0.371 e. The molecular formula is C18H18F3N3O. The molecule has 0 bridgehead atoms. The van der Waals surface area contributed by atoms with Gasteiger partial charge in [-0.1, -0.05) is 6.07 Å². The highest BCUT2D eigenvalue weighted by Crippen LogP contribution is 2.30. The maximum Gasteiger partial charge on any atom is 0.416 e. The number of nitrogens with zero attached hydrogens (tertiary/aromatic N) is 2. The molecule has 1 aromatic heterocycles. The number of hydrogen-bond acceptors (Lipinski definition) is 3. The predicted octanol–water partition coefficient (Wildman–Crippen LogP) is 4.34. The van der Waals surface area contributed by atoms with Crippen LogP contribution in [-0.4, -0.2) is 24.0 Å². The Kier molecular flexibility index (Phi) is 4.92. The number of anilines is 2. The van der Waals surface area contributed by atoms with E-state index in [0.717, 1.165) is 43.8 Å². The van der Waals surface area contributed by atoms with Crippen molar-refractivity contribution in [3.63, 3.8) is 0 Å². The summed E-state index contributed by atoms with van der Waals surface area (Å²) in [5, 5.41) is 2.48. The Morgan fingerprint density at radius 2 is 1.84 bits per heavy atom. The maximum absolute atomic E-state index is 12.8. The zero-order valence-electron chi connectivity index (χ0n) is 13.5. The molecule has 1 aliphatic rings. The third-order valence-electron chi connectivity index (χ3n) is 4.15. The molecule has 7 heteroatoms. The van der Waals surface area contributed by atoms with Crippen LogP contribution in [0.1, 0.15) is 35.3 Å². The molecule has 0 spiro atoms. The summed E-state index contributed by atoms with van der Waals surface area (Å²) in [7, 11) is 0. The lowest BCUT2D eigenvalue weighted by Gasteiger charge is -2.28. The number of alkyl halides is 3. The lowest BCUT2D eigenvalue weighted by atomic mass is 10.1. The first-order valence-corrected chi connectivity index (χ1v) is 8.13. The minimum absolute atomic E-state index is 0.0880. The fraction of sp³-hybridized carbons (Fsp3) is 0.333. The number of benzene rings is 1. The van der Waals surface area contributed by atoms with E-state index < -0.39 is 17.6 Å². The SMILES string of the molecule is O=C(Nc1cccc(C(F)(F)F)c1)c1cc(N2CCCCC2)ccn1. The monoisotopic (exact) mass is 349 g/mol. The van der Waals surface area contributed by atoms with Crippen molar-refractivity contribution < 1.29 is 18.0 Å². The van der Waals surface area contributed by atoms with Crippen LogP contribution in [0.2, 0.25) is 0 Å². The topological polar surface area (TPSA) is 45.2 Å². The Balaban J connectivity index is 1.75. The fourth-order valence-corrected chi connectivity index (χ4v) is 2.86. The molecule has 0 radical (unpaired) electrons. The summed E-state index contributed by atoms with van der Waals surface area (Å²) in [6.07, 6.45) is 0.505. The first-order chi connectivity index (χ1) is 11.9. The molecule has 2 heterocycles. The Morgan fingerprint density at radius 3 is 2.56 bits per heavy atom. The average molecular weight is 349 g/mol. The van der Waals surface area contributed by atoms with Gasteiger partial charge in [0.25, 0.3) is 5.91 Å². The molecule has 1 fully saturated rings. The van der Waals surface area contributed by atoms with Crippen LogP contribution < -0.4 is 10.2 Å². The van der Waals surface area contributed by atoms with Crippen molar-refractivity contribution in [2.75, 3.05) is 23.3 Å². The number of rotatable bonds is 3. The number of aromatic nitrogens is 1. The Morgan fingerprint density at radius 1 is 1.08 bits per heavy atom. The molecule has 1 aliphatic heterocycles. The van der Waals surface area contributed by atoms with Crippen molar-refractivity contribution in [1.82, 2.24) is 4.98 Å². The normalized spacial score (nSPS) is 15.1. The molecule has 1 N–H and O–H groups in total. The van der Waals surface area contributed by atoms with Gasteiger partial charge in [-0.15, -0.1) is 0 Å². The molecule has 1 amide bonds. The van der Waals surface area contributed by atoms with E-state index in [-0.39, 0.29) is 11.4 Å². The van der Waals surface area contributed by atoms with Gasteiger partial charge in [-0.25, -0.2) is 0 Å². The van der Waals surface area contributed by atoms with Gasteiger partial charge in [0.05, 0.1) is 5.56 Å². The van der Waals surface area contributed by atoms with Crippen LogP contribution in [0.25, 0.3) is 0 Å². The largest absolute Gasteiger partial charge is 0.416 e. The van der Waals surface area contributed by atoms with E-state index >= 15 is 0 Å². The molecule has 2 aromatic rings. The van der Waals surface area contributed by atoms with Gasteiger partial charge in [0.15, 0.2) is 0 Å². The van der Waals surface area contributed by atoms with Crippen molar-refractivity contribution in [2.45, 2.75) is 25.4 Å². The van der Waals surface area contributed by atoms with Crippen molar-refractivity contribution in [3.05, 3.63) is 53.9 Å². The van der Waals surface area contributed by atoms with Crippen LogP contribution in [0.4, 0.5) is 24.5 Å². The number of piperidine rings is 1. The Hall–Kier alpha value is -2.57. The summed E-state index contributed by atoms with van der Waals surface area (Å²) in [4.78, 5) is 18.6. The van der Waals surface area contributed by atoms with Crippen LogP contribution in [0.5, 0.6) is 0 Å². The number of pyridine rings is 1. The van der Waals surface area contributed by atoms with Gasteiger partial charge < -0.3 is 10.2 Å². The van der Waals surface area contributed by atoms with Crippen molar-refractivity contribution in [2.24, 2.45) is 0 Å². The minimum Gasteiger partial charge on any atom is -0.371 e. The van der Waals surface area contributed by atoms with Crippen LogP contribution in [0, 0.1) is 0 Å². The first-order valence-electron chi connectivity index (χ1n) is 8.13. The number of nitrogens with one attached hydrogen (secondary N) is 1. The molecular weight excluding hydrogens is 331 g/mol. The second-order valence-electron chi connectivity index (χ2n) is 5.98. The highest BCUT2D eigenvalue weighted by molar-refractivity contribution is 6.03. The minimum atomic E-state index is -4.45. The standard InChI is InChI=1S/C18H18F3N3O/c19-18(20,21)13-5-4-6-14(11-13)23-17(25)16-12-15(7-8-22-16)24-9-2-1-3-10-24/h4-8,11-12H,1-3,9-10H2,(H,23,25). The van der Waals surface area contributed by atoms with Crippen LogP contribution in [0.15, 0.2) is 42.6 Å². The number of hydrogen-bond donors (Lipinski definition) is 1. The van der Waals surface area contributed by atoms with E-state index in [2.05, 4.69) is 15.2 Å². The number of carbonyl (C=O) groups is 1. The molecule has 0 saturated carbocycles. The average Bonchev–Trinajstić information content (AvgIpc) is 2.62. The van der Waals surface area contributed by atoms with Gasteiger partial charge in [-0.2, -0.15) is 13.2 Å². The fourth-order valence-electron chi connectivity index (χ4n) is 2.86. The van der Waals surface area contributed by atoms with Crippen molar-refractivity contribution >= 4 is 17.3 Å². The summed E-state index contributed by atoms with van der Waals surface area (Å²) in [5.41, 5.74) is 0.370. The molecule has 4 nitrogen and oxygen atoms in total. The summed E-state index contributed by atoms with van der Waals surface area (Å²) < 4.78 is 38.3. The summed E-state index contributed by atoms with van der Waals surface area (Å²) >= 11 is 0. The van der Waals surface area contributed by atoms with Gasteiger partial charge >= 0.3 is 6.18 Å². The van der Waals surface area contributed by atoms with E-state index in [1.54, 1.807) is 12.3 Å². The van der Waals surface area contributed by atoms with E-state index in [9.17, 15) is 18.0 Å². The second kappa shape index (κ2) is 7.13. The Bertz CT molecular complexity index is 755. The molecule has 0 aliphatic carbocycles. The van der Waals surface area contributed by atoms with Crippen molar-refractivity contribution in [3.8, 4) is 0 Å². The molecule has 1 aromatic carbocycles. The molecule has 132 valence electrons. The quantitative estimate of drug-likeness (QED) is 0.896. The summed E-state index contributed by atoms with van der Waals surface area (Å²) in [6, 6.07) is 8.07. The predicted molar refractivity (Wildman–Crippen MR) is 89.7 cm³/mol. The van der Waals surface area contributed by atoms with Gasteiger partial charge in [-0.3, -0.25) is 9.78 Å². The van der Waals surface area contributed by atoms with Gasteiger partial charge in [-0.05, 0) is 49.6 Å². The van der Waals surface area contributed by atoms with Gasteiger partial charge in [0.2, 0.25) is 0 Å². The molecule has 25 heavy (non-hydrogen) atoms. The summed E-state index contributed by atoms with van der Waals surface area (Å²) in [6.45, 7) is 1.86. The zero-order valence-corrected chi connectivity index (χ0v) is 13.5. The van der Waals surface area contributed by atoms with E-state index in [4.69, 9.17) is 0 Å². The summed E-state index contributed by atoms with van der Waals surface area (Å²) in [5.74, 6) is -0.529. The third kappa shape index (κ3) is 4.29. The van der Waals surface area contributed by atoms with Crippen LogP contribution >= 0.6 is 0 Å². The molecule has 3 rings (SSSR count). The van der Waals surface area contributed by atoms with Gasteiger partial charge in [0, 0.05) is 30.7 Å². The molecule has 0 unspecified atom stereocenters. The number of amides is 1. The highest BCUT2D eigenvalue weighted by atomic mass is 19.4.